The quantitative estimate of drug-likeness (QED) is 0.537. The first-order valence-electron chi connectivity index (χ1n) is 10.00. The first kappa shape index (κ1) is 22.4. The first-order chi connectivity index (χ1) is 14.9. The van der Waals surface area contributed by atoms with Crippen LogP contribution in [-0.4, -0.2) is 18.5 Å². The third-order valence-electron chi connectivity index (χ3n) is 5.03. The maximum Gasteiger partial charge on any atom is 0.304 e. The van der Waals surface area contributed by atoms with E-state index in [1.807, 2.05) is 61.5 Å². The fraction of sp³-hybridized carbons (Fsp3) is 0.240. The summed E-state index contributed by atoms with van der Waals surface area (Å²) in [5.41, 5.74) is 1.53. The minimum atomic E-state index is -3.23. The second kappa shape index (κ2) is 10.2. The van der Waals surface area contributed by atoms with Gasteiger partial charge in [0.05, 0.1) is 5.71 Å². The average Bonchev–Trinajstić information content (AvgIpc) is 2.99. The molecule has 1 N–H and O–H groups in total. The number of aliphatic imine (C=N–C) groups is 1. The van der Waals surface area contributed by atoms with Gasteiger partial charge in [-0.15, -0.1) is 0 Å². The van der Waals surface area contributed by atoms with Gasteiger partial charge in [0.25, 0.3) is 6.36 Å². The highest BCUT2D eigenvalue weighted by Gasteiger charge is 2.37. The molecule has 0 saturated heterocycles. The Labute approximate surface area is 180 Å². The van der Waals surface area contributed by atoms with Gasteiger partial charge in [0, 0.05) is 12.6 Å². The minimum Gasteiger partial charge on any atom is -0.454 e. The molecule has 162 valence electrons. The van der Waals surface area contributed by atoms with E-state index in [9.17, 15) is 13.2 Å². The smallest absolute Gasteiger partial charge is 0.304 e. The number of ether oxygens (including phenoxy) is 1. The normalized spacial score (nSPS) is 18.6. The van der Waals surface area contributed by atoms with Crippen molar-refractivity contribution in [1.82, 2.24) is 5.32 Å². The summed E-state index contributed by atoms with van der Waals surface area (Å²) < 4.78 is 43.7. The van der Waals surface area contributed by atoms with Crippen molar-refractivity contribution in [2.24, 2.45) is 10.9 Å². The highest BCUT2D eigenvalue weighted by atomic mass is 19.3. The van der Waals surface area contributed by atoms with Gasteiger partial charge >= 0.3 is 6.43 Å². The molecule has 0 spiro atoms. The fourth-order valence-electron chi connectivity index (χ4n) is 3.50. The Balaban J connectivity index is 2.13. The summed E-state index contributed by atoms with van der Waals surface area (Å²) in [6.45, 7) is 5.89. The number of allylic oxidation sites excluding steroid dienone is 2. The van der Waals surface area contributed by atoms with Gasteiger partial charge in [0.15, 0.2) is 0 Å². The van der Waals surface area contributed by atoms with Crippen molar-refractivity contribution >= 4 is 5.71 Å². The van der Waals surface area contributed by atoms with Gasteiger partial charge < -0.3 is 10.1 Å². The van der Waals surface area contributed by atoms with Crippen molar-refractivity contribution in [2.45, 2.75) is 31.7 Å². The van der Waals surface area contributed by atoms with E-state index in [2.05, 4.69) is 16.9 Å². The van der Waals surface area contributed by atoms with E-state index < -0.39 is 18.3 Å². The van der Waals surface area contributed by atoms with Gasteiger partial charge in [0.2, 0.25) is 0 Å². The zero-order valence-electron chi connectivity index (χ0n) is 17.2. The molecule has 0 saturated carbocycles. The molecule has 2 aromatic rings. The van der Waals surface area contributed by atoms with Gasteiger partial charge in [-0.25, -0.2) is 8.78 Å². The Morgan fingerprint density at radius 1 is 1.13 bits per heavy atom. The van der Waals surface area contributed by atoms with Crippen molar-refractivity contribution in [2.75, 3.05) is 0 Å². The summed E-state index contributed by atoms with van der Waals surface area (Å²) in [4.78, 5) is 4.66. The number of hydrogen-bond donors (Lipinski definition) is 1. The van der Waals surface area contributed by atoms with Crippen LogP contribution in [0.15, 0.2) is 96.8 Å². The lowest BCUT2D eigenvalue weighted by molar-refractivity contribution is -0.0669. The van der Waals surface area contributed by atoms with E-state index in [1.54, 1.807) is 24.5 Å². The molecule has 0 amide bonds. The summed E-state index contributed by atoms with van der Waals surface area (Å²) >= 11 is 0. The van der Waals surface area contributed by atoms with Crippen LogP contribution in [0.5, 0.6) is 5.75 Å². The van der Waals surface area contributed by atoms with Crippen LogP contribution in [0.25, 0.3) is 0 Å². The molecule has 6 heteroatoms. The van der Waals surface area contributed by atoms with Crippen molar-refractivity contribution in [3.63, 3.8) is 0 Å². The number of benzene rings is 2. The summed E-state index contributed by atoms with van der Waals surface area (Å²) in [7, 11) is 0. The molecule has 0 fully saturated rings. The zero-order valence-corrected chi connectivity index (χ0v) is 17.2. The lowest BCUT2D eigenvalue weighted by atomic mass is 9.79. The molecule has 3 atom stereocenters. The Kier molecular flexibility index (Phi) is 7.34. The third-order valence-corrected chi connectivity index (χ3v) is 5.03. The molecule has 1 aliphatic heterocycles. The molecular weight excluding hydrogens is 401 g/mol. The van der Waals surface area contributed by atoms with Crippen molar-refractivity contribution in [1.29, 1.82) is 0 Å². The number of hydrogen-bond acceptors (Lipinski definition) is 3. The van der Waals surface area contributed by atoms with Crippen molar-refractivity contribution in [3.8, 4) is 5.75 Å². The van der Waals surface area contributed by atoms with Crippen molar-refractivity contribution < 1.29 is 17.9 Å². The molecule has 3 rings (SSSR count). The van der Waals surface area contributed by atoms with Crippen LogP contribution in [0, 0.1) is 5.92 Å². The molecule has 1 aliphatic rings. The highest BCUT2D eigenvalue weighted by Crippen LogP contribution is 2.33. The van der Waals surface area contributed by atoms with Gasteiger partial charge in [-0.05, 0) is 41.5 Å². The Hall–Kier alpha value is -3.28. The van der Waals surface area contributed by atoms with Gasteiger partial charge in [-0.1, -0.05) is 68.1 Å². The second-order valence-electron chi connectivity index (χ2n) is 7.32. The molecule has 1 unspecified atom stereocenters. The van der Waals surface area contributed by atoms with Crippen LogP contribution in [0.2, 0.25) is 0 Å². The standard InChI is InChI=1S/C25H25F3N2O/c1-3-30-25(17-19-8-5-4-6-9-19,22-13-12-18(2)14-15-29-22)20-10-7-11-21(16-20)31-24(28)23(26)27/h3-16,18,23-24,30H,1,17H2,2H3/t18-,24?,25-/m0/s1. The SMILES string of the molecule is C=CN[C@](Cc1ccccc1)(C1=NC=C[C@@H](C)C=C1)c1cccc(OC(F)C(F)F)c1. The number of alkyl halides is 3. The van der Waals surface area contributed by atoms with Gasteiger partial charge in [-0.2, -0.15) is 4.39 Å². The molecule has 1 heterocycles. The molecule has 0 radical (unpaired) electrons. The fourth-order valence-corrected chi connectivity index (χ4v) is 3.50. The molecule has 0 bridgehead atoms. The number of halogens is 3. The predicted octanol–water partition coefficient (Wildman–Crippen LogP) is 5.96. The lowest BCUT2D eigenvalue weighted by Crippen LogP contribution is -2.48. The number of rotatable bonds is 9. The monoisotopic (exact) mass is 426 g/mol. The van der Waals surface area contributed by atoms with Gasteiger partial charge in [0.1, 0.15) is 11.3 Å². The third kappa shape index (κ3) is 5.45. The largest absolute Gasteiger partial charge is 0.454 e. The molecular formula is C25H25F3N2O. The molecule has 31 heavy (non-hydrogen) atoms. The van der Waals surface area contributed by atoms with E-state index in [-0.39, 0.29) is 11.7 Å². The maximum atomic E-state index is 13.5. The molecule has 0 aliphatic carbocycles. The lowest BCUT2D eigenvalue weighted by Gasteiger charge is -2.36. The Morgan fingerprint density at radius 3 is 2.61 bits per heavy atom. The number of nitrogens with zero attached hydrogens (tertiary/aromatic N) is 1. The van der Waals surface area contributed by atoms with E-state index in [4.69, 9.17) is 4.74 Å². The molecule has 0 aromatic heterocycles. The topological polar surface area (TPSA) is 33.6 Å². The van der Waals surface area contributed by atoms with Crippen LogP contribution in [0.4, 0.5) is 13.2 Å². The van der Waals surface area contributed by atoms with Crippen LogP contribution in [-0.2, 0) is 12.0 Å². The van der Waals surface area contributed by atoms with Crippen molar-refractivity contribution in [3.05, 3.63) is 103 Å². The van der Waals surface area contributed by atoms with Crippen LogP contribution >= 0.6 is 0 Å². The minimum absolute atomic E-state index is 0.00992. The van der Waals surface area contributed by atoms with Crippen LogP contribution in [0.1, 0.15) is 18.1 Å². The average molecular weight is 426 g/mol. The van der Waals surface area contributed by atoms with E-state index in [1.165, 1.54) is 6.07 Å². The zero-order chi connectivity index (χ0) is 22.3. The summed E-state index contributed by atoms with van der Waals surface area (Å²) in [6.07, 6.45) is 3.82. The molecule has 2 aromatic carbocycles. The Bertz CT molecular complexity index is 972. The maximum absolute atomic E-state index is 13.5. The highest BCUT2D eigenvalue weighted by molar-refractivity contribution is 6.04. The first-order valence-corrected chi connectivity index (χ1v) is 10.00. The van der Waals surface area contributed by atoms with E-state index >= 15 is 0 Å². The van der Waals surface area contributed by atoms with E-state index in [0.29, 0.717) is 17.7 Å². The molecule has 3 nitrogen and oxygen atoms in total. The van der Waals surface area contributed by atoms with E-state index in [0.717, 1.165) is 5.56 Å². The van der Waals surface area contributed by atoms with Crippen LogP contribution < -0.4 is 10.1 Å². The summed E-state index contributed by atoms with van der Waals surface area (Å²) in [5, 5.41) is 3.33. The van der Waals surface area contributed by atoms with Gasteiger partial charge in [-0.3, -0.25) is 4.99 Å². The second-order valence-corrected chi connectivity index (χ2v) is 7.32. The summed E-state index contributed by atoms with van der Waals surface area (Å²) in [5.74, 6) is 0.211. The Morgan fingerprint density at radius 2 is 1.90 bits per heavy atom. The predicted molar refractivity (Wildman–Crippen MR) is 118 cm³/mol. The number of nitrogens with one attached hydrogen (secondary N) is 1. The van der Waals surface area contributed by atoms with Crippen LogP contribution in [0.3, 0.4) is 0 Å². The summed E-state index contributed by atoms with van der Waals surface area (Å²) in [6, 6.07) is 16.3.